The van der Waals surface area contributed by atoms with Crippen LogP contribution in [0, 0.1) is 5.92 Å². The number of nitrogens with zero attached hydrogens (tertiary/aromatic N) is 1. The van der Waals surface area contributed by atoms with Crippen molar-refractivity contribution in [3.63, 3.8) is 0 Å². The van der Waals surface area contributed by atoms with Gasteiger partial charge in [-0.2, -0.15) is 0 Å². The van der Waals surface area contributed by atoms with E-state index in [4.69, 9.17) is 18.9 Å². The van der Waals surface area contributed by atoms with Crippen LogP contribution >= 0.6 is 15.9 Å². The molecule has 2 heterocycles. The summed E-state index contributed by atoms with van der Waals surface area (Å²) < 4.78 is 22.8. The van der Waals surface area contributed by atoms with Crippen LogP contribution in [-0.2, 0) is 19.1 Å². The van der Waals surface area contributed by atoms with Crippen LogP contribution in [0.1, 0.15) is 51.5 Å². The number of carbonyl (C=O) groups excluding carboxylic acids is 2. The Labute approximate surface area is 189 Å². The molecule has 2 unspecified atom stereocenters. The van der Waals surface area contributed by atoms with Crippen LogP contribution in [0.2, 0.25) is 0 Å². The smallest absolute Gasteiger partial charge is 0.315 e. The quantitative estimate of drug-likeness (QED) is 0.435. The van der Waals surface area contributed by atoms with Crippen molar-refractivity contribution in [1.82, 2.24) is 0 Å². The van der Waals surface area contributed by atoms with Gasteiger partial charge in [-0.3, -0.25) is 14.6 Å². The fourth-order valence-electron chi connectivity index (χ4n) is 4.33. The molecule has 3 aliphatic rings. The number of Topliss-reactive ketones (excluding diaryl/α,β-unsaturated/α-hetero) is 1. The summed E-state index contributed by atoms with van der Waals surface area (Å²) in [5.74, 6) is -0.340. The van der Waals surface area contributed by atoms with Crippen LogP contribution in [0.15, 0.2) is 32.9 Å². The maximum Gasteiger partial charge on any atom is 0.315 e. The van der Waals surface area contributed by atoms with E-state index in [1.54, 1.807) is 0 Å². The van der Waals surface area contributed by atoms with E-state index in [1.807, 2.05) is 32.9 Å². The van der Waals surface area contributed by atoms with Gasteiger partial charge in [-0.15, -0.1) is 0 Å². The Bertz CT molecular complexity index is 967. The molecular formula is C23H26BrNO6. The number of fused-ring (bicyclic) bond motifs is 1. The zero-order valence-electron chi connectivity index (χ0n) is 17.9. The first-order valence-corrected chi connectivity index (χ1v) is 11.3. The van der Waals surface area contributed by atoms with E-state index in [-0.39, 0.29) is 25.3 Å². The third-order valence-corrected chi connectivity index (χ3v) is 6.38. The molecule has 0 spiro atoms. The zero-order valence-corrected chi connectivity index (χ0v) is 19.5. The second kappa shape index (κ2) is 9.12. The molecule has 2 aliphatic heterocycles. The van der Waals surface area contributed by atoms with Gasteiger partial charge in [0.1, 0.15) is 12.5 Å². The molecule has 0 N–H and O–H groups in total. The minimum Gasteiger partial charge on any atom is -0.463 e. The monoisotopic (exact) mass is 491 g/mol. The molecule has 0 saturated carbocycles. The number of hydrogen-bond acceptors (Lipinski definition) is 7. The lowest BCUT2D eigenvalue weighted by Crippen LogP contribution is -2.37. The fraction of sp³-hybridized carbons (Fsp3) is 0.522. The van der Waals surface area contributed by atoms with E-state index >= 15 is 0 Å². The largest absolute Gasteiger partial charge is 0.463 e. The van der Waals surface area contributed by atoms with Gasteiger partial charge in [0.25, 0.3) is 0 Å². The van der Waals surface area contributed by atoms with Gasteiger partial charge in [0, 0.05) is 33.8 Å². The van der Waals surface area contributed by atoms with Crippen molar-refractivity contribution in [1.29, 1.82) is 0 Å². The molecular weight excluding hydrogens is 466 g/mol. The van der Waals surface area contributed by atoms with Gasteiger partial charge in [0.2, 0.25) is 6.79 Å². The van der Waals surface area contributed by atoms with Crippen LogP contribution in [0.4, 0.5) is 0 Å². The predicted octanol–water partition coefficient (Wildman–Crippen LogP) is 4.33. The minimum atomic E-state index is -0.698. The third kappa shape index (κ3) is 4.41. The third-order valence-electron chi connectivity index (χ3n) is 5.69. The normalized spacial score (nSPS) is 22.5. The average Bonchev–Trinajstić information content (AvgIpc) is 3.16. The molecule has 7 nitrogen and oxygen atoms in total. The summed E-state index contributed by atoms with van der Waals surface area (Å²) in [7, 11) is 0. The van der Waals surface area contributed by atoms with Crippen molar-refractivity contribution < 1.29 is 28.5 Å². The predicted molar refractivity (Wildman–Crippen MR) is 118 cm³/mol. The Balaban J connectivity index is 1.72. The fourth-order valence-corrected chi connectivity index (χ4v) is 4.90. The standard InChI is InChI=1S/C23H26BrNO6/c1-12(2)28-7-8-29-23(27)20-13(3)25-16-5-4-6-17(26)22(16)21(20)14-9-18-19(10-15(14)24)31-11-30-18/h9-10,12,20-21H,4-8,11H2,1-3H3. The molecule has 0 radical (unpaired) electrons. The second-order valence-electron chi connectivity index (χ2n) is 8.16. The van der Waals surface area contributed by atoms with Crippen molar-refractivity contribution >= 4 is 33.4 Å². The van der Waals surface area contributed by atoms with Gasteiger partial charge in [0.15, 0.2) is 17.3 Å². The van der Waals surface area contributed by atoms with E-state index in [2.05, 4.69) is 20.9 Å². The highest BCUT2D eigenvalue weighted by molar-refractivity contribution is 9.10. The Morgan fingerprint density at radius 3 is 2.71 bits per heavy atom. The lowest BCUT2D eigenvalue weighted by Gasteiger charge is -2.35. The van der Waals surface area contributed by atoms with Gasteiger partial charge >= 0.3 is 5.97 Å². The van der Waals surface area contributed by atoms with E-state index in [0.717, 1.165) is 28.6 Å². The van der Waals surface area contributed by atoms with E-state index in [0.29, 0.717) is 35.8 Å². The summed E-state index contributed by atoms with van der Waals surface area (Å²) in [6, 6.07) is 3.68. The minimum absolute atomic E-state index is 0.0352. The van der Waals surface area contributed by atoms with Crippen molar-refractivity contribution in [3.05, 3.63) is 33.4 Å². The molecule has 1 aliphatic carbocycles. The lowest BCUT2D eigenvalue weighted by molar-refractivity contribution is -0.148. The van der Waals surface area contributed by atoms with Crippen molar-refractivity contribution in [2.45, 2.75) is 52.1 Å². The molecule has 1 aromatic rings. The Morgan fingerprint density at radius 2 is 1.97 bits per heavy atom. The van der Waals surface area contributed by atoms with E-state index < -0.39 is 17.8 Å². The molecule has 166 valence electrons. The van der Waals surface area contributed by atoms with Crippen molar-refractivity contribution in [2.24, 2.45) is 10.9 Å². The molecule has 2 atom stereocenters. The molecule has 1 aromatic carbocycles. The molecule has 8 heteroatoms. The highest BCUT2D eigenvalue weighted by Crippen LogP contribution is 2.48. The number of ether oxygens (including phenoxy) is 4. The molecule has 0 amide bonds. The number of halogens is 1. The number of rotatable bonds is 6. The van der Waals surface area contributed by atoms with Gasteiger partial charge in [0.05, 0.1) is 12.7 Å². The Hall–Kier alpha value is -2.19. The summed E-state index contributed by atoms with van der Waals surface area (Å²) in [5.41, 5.74) is 2.83. The molecule has 0 bridgehead atoms. The molecule has 0 saturated heterocycles. The summed E-state index contributed by atoms with van der Waals surface area (Å²) in [4.78, 5) is 30.9. The number of ketones is 1. The number of hydrogen-bond donors (Lipinski definition) is 0. The SMILES string of the molecule is CC1=NC2=C(C(=O)CCC2)C(c2cc3c(cc2Br)OCO3)C1C(=O)OCCOC(C)C. The number of carbonyl (C=O) groups is 2. The van der Waals surface area contributed by atoms with Crippen molar-refractivity contribution in [2.75, 3.05) is 20.0 Å². The zero-order chi connectivity index (χ0) is 22.1. The van der Waals surface area contributed by atoms with E-state index in [1.165, 1.54) is 0 Å². The van der Waals surface area contributed by atoms with Crippen molar-refractivity contribution in [3.8, 4) is 11.5 Å². The molecule has 0 aromatic heterocycles. The van der Waals surface area contributed by atoms with Gasteiger partial charge < -0.3 is 18.9 Å². The first-order chi connectivity index (χ1) is 14.9. The van der Waals surface area contributed by atoms with Gasteiger partial charge in [-0.25, -0.2) is 0 Å². The van der Waals surface area contributed by atoms with Gasteiger partial charge in [-0.05, 0) is 51.3 Å². The maximum absolute atomic E-state index is 13.2. The van der Waals surface area contributed by atoms with Crippen LogP contribution in [0.3, 0.4) is 0 Å². The van der Waals surface area contributed by atoms with Crippen LogP contribution in [0.5, 0.6) is 11.5 Å². The highest BCUT2D eigenvalue weighted by Gasteiger charge is 2.44. The van der Waals surface area contributed by atoms with Crippen LogP contribution in [0.25, 0.3) is 0 Å². The maximum atomic E-state index is 13.2. The number of esters is 1. The summed E-state index contributed by atoms with van der Waals surface area (Å²) in [5, 5.41) is 0. The first-order valence-electron chi connectivity index (χ1n) is 10.6. The lowest BCUT2D eigenvalue weighted by atomic mass is 9.71. The van der Waals surface area contributed by atoms with Crippen LogP contribution in [-0.4, -0.2) is 43.6 Å². The number of benzene rings is 1. The molecule has 0 fully saturated rings. The van der Waals surface area contributed by atoms with E-state index in [9.17, 15) is 9.59 Å². The number of aliphatic imine (C=N–C) groups is 1. The Morgan fingerprint density at radius 1 is 1.23 bits per heavy atom. The van der Waals surface area contributed by atoms with Crippen LogP contribution < -0.4 is 9.47 Å². The molecule has 4 rings (SSSR count). The summed E-state index contributed by atoms with van der Waals surface area (Å²) in [6.07, 6.45) is 2.00. The summed E-state index contributed by atoms with van der Waals surface area (Å²) in [6.45, 7) is 6.29. The summed E-state index contributed by atoms with van der Waals surface area (Å²) >= 11 is 3.62. The highest BCUT2D eigenvalue weighted by atomic mass is 79.9. The first kappa shape index (κ1) is 22.0. The van der Waals surface area contributed by atoms with Gasteiger partial charge in [-0.1, -0.05) is 15.9 Å². The Kier molecular flexibility index (Phi) is 6.48. The molecule has 31 heavy (non-hydrogen) atoms. The number of allylic oxidation sites excluding steroid dienone is 2. The second-order valence-corrected chi connectivity index (χ2v) is 9.01. The average molecular weight is 492 g/mol. The topological polar surface area (TPSA) is 83.4 Å².